The van der Waals surface area contributed by atoms with E-state index in [1.807, 2.05) is 0 Å². The van der Waals surface area contributed by atoms with Crippen molar-refractivity contribution in [1.82, 2.24) is 0 Å². The minimum absolute atomic E-state index is 0.109. The predicted molar refractivity (Wildman–Crippen MR) is 56.1 cm³/mol. The van der Waals surface area contributed by atoms with Crippen molar-refractivity contribution in [1.29, 1.82) is 0 Å². The molecular weight excluding hydrogens is 222 g/mol. The van der Waals surface area contributed by atoms with Gasteiger partial charge in [-0.15, -0.1) is 3.77 Å². The highest BCUT2D eigenvalue weighted by Crippen LogP contribution is 2.12. The van der Waals surface area contributed by atoms with Gasteiger partial charge in [-0.05, 0) is 18.4 Å². The first-order valence-electron chi connectivity index (χ1n) is 3.71. The molecule has 0 amide bonds. The lowest BCUT2D eigenvalue weighted by Crippen LogP contribution is -1.96. The van der Waals surface area contributed by atoms with Crippen molar-refractivity contribution < 1.29 is 13.2 Å². The first-order chi connectivity index (χ1) is 6.60. The maximum Gasteiger partial charge on any atom is 0.287 e. The number of hydrogen-bond acceptors (Lipinski definition) is 3. The fourth-order valence-corrected chi connectivity index (χ4v) is 2.59. The summed E-state index contributed by atoms with van der Waals surface area (Å²) in [5.41, 5.74) is 0.443. The number of nitrogens with zero attached hydrogens (tertiary/aromatic N) is 1. The van der Waals surface area contributed by atoms with Crippen LogP contribution in [0.3, 0.4) is 0 Å². The lowest BCUT2D eigenvalue weighted by atomic mass is 10.2. The molecule has 0 saturated heterocycles. The molecule has 76 valence electrons. The van der Waals surface area contributed by atoms with Crippen LogP contribution in [0.15, 0.2) is 32.9 Å². The molecule has 1 aromatic rings. The van der Waals surface area contributed by atoms with Crippen LogP contribution in [-0.2, 0) is 21.6 Å². The predicted octanol–water partition coefficient (Wildman–Crippen LogP) is 0.816. The lowest BCUT2D eigenvalue weighted by molar-refractivity contribution is 0.112. The summed E-state index contributed by atoms with van der Waals surface area (Å²) in [5, 5.41) is 0. The fraction of sp³-hybridized carbons (Fsp3) is 0.125. The molecule has 6 heteroatoms. The van der Waals surface area contributed by atoms with Crippen molar-refractivity contribution in [2.45, 2.75) is 4.90 Å². The van der Waals surface area contributed by atoms with Crippen LogP contribution in [0.25, 0.3) is 0 Å². The lowest BCUT2D eigenvalue weighted by Gasteiger charge is -1.97. The Bertz CT molecular complexity index is 448. The van der Waals surface area contributed by atoms with Gasteiger partial charge < -0.3 is 0 Å². The molecule has 0 aliphatic heterocycles. The Morgan fingerprint density at radius 2 is 1.86 bits per heavy atom. The van der Waals surface area contributed by atoms with Gasteiger partial charge in [0.25, 0.3) is 10.0 Å². The summed E-state index contributed by atoms with van der Waals surface area (Å²) in [5.74, 6) is 0. The zero-order valence-electron chi connectivity index (χ0n) is 7.41. The van der Waals surface area contributed by atoms with Crippen LogP contribution in [0.1, 0.15) is 10.4 Å². The molecule has 1 aromatic carbocycles. The summed E-state index contributed by atoms with van der Waals surface area (Å²) in [6.07, 6.45) is 2.28. The van der Waals surface area contributed by atoms with E-state index in [1.165, 1.54) is 24.3 Å². The summed E-state index contributed by atoms with van der Waals surface area (Å²) in [6, 6.07) is 5.63. The van der Waals surface area contributed by atoms with E-state index in [-0.39, 0.29) is 4.90 Å². The standard InChI is InChI=1S/C8H9NO3S2/c1-13-9-14(11,12)8-4-2-7(6-10)3-5-8/h2-6,13H,1H3. The minimum Gasteiger partial charge on any atom is -0.298 e. The molecule has 0 N–H and O–H groups in total. The van der Waals surface area contributed by atoms with Crippen LogP contribution >= 0.6 is 0 Å². The van der Waals surface area contributed by atoms with Crippen LogP contribution in [0.4, 0.5) is 0 Å². The highest BCUT2D eigenvalue weighted by molar-refractivity contribution is 7.94. The summed E-state index contributed by atoms with van der Waals surface area (Å²) in [7, 11) is -3.54. The van der Waals surface area contributed by atoms with Gasteiger partial charge in [0.15, 0.2) is 0 Å². The van der Waals surface area contributed by atoms with Crippen molar-refractivity contribution in [2.75, 3.05) is 6.26 Å². The van der Waals surface area contributed by atoms with Crippen LogP contribution in [-0.4, -0.2) is 21.0 Å². The summed E-state index contributed by atoms with van der Waals surface area (Å²) >= 11 is 0.440. The van der Waals surface area contributed by atoms with Crippen molar-refractivity contribution in [2.24, 2.45) is 3.77 Å². The van der Waals surface area contributed by atoms with E-state index in [4.69, 9.17) is 0 Å². The number of hydrogen-bond donors (Lipinski definition) is 1. The first-order valence-corrected chi connectivity index (χ1v) is 6.45. The van der Waals surface area contributed by atoms with Gasteiger partial charge in [0.05, 0.1) is 4.90 Å². The van der Waals surface area contributed by atoms with Crippen molar-refractivity contribution in [3.8, 4) is 0 Å². The molecule has 0 radical (unpaired) electrons. The number of benzene rings is 1. The van der Waals surface area contributed by atoms with Crippen molar-refractivity contribution in [3.63, 3.8) is 0 Å². The van der Waals surface area contributed by atoms with E-state index in [1.54, 1.807) is 6.26 Å². The Balaban J connectivity index is 3.15. The third-order valence-corrected chi connectivity index (χ3v) is 3.88. The minimum atomic E-state index is -3.54. The Hall–Kier alpha value is -1.01. The molecule has 0 unspecified atom stereocenters. The molecule has 14 heavy (non-hydrogen) atoms. The van der Waals surface area contributed by atoms with E-state index < -0.39 is 10.0 Å². The smallest absolute Gasteiger partial charge is 0.287 e. The molecule has 4 nitrogen and oxygen atoms in total. The molecule has 0 saturated carbocycles. The van der Waals surface area contributed by atoms with Crippen molar-refractivity contribution in [3.05, 3.63) is 29.8 Å². The molecule has 0 bridgehead atoms. The van der Waals surface area contributed by atoms with Gasteiger partial charge in [0.2, 0.25) is 0 Å². The van der Waals surface area contributed by atoms with Crippen LogP contribution in [0.5, 0.6) is 0 Å². The number of carbonyl (C=O) groups excluding carboxylic acids is 1. The second-order valence-electron chi connectivity index (χ2n) is 2.44. The van der Waals surface area contributed by atoms with Gasteiger partial charge >= 0.3 is 0 Å². The van der Waals surface area contributed by atoms with Crippen molar-refractivity contribution >= 4 is 27.9 Å². The van der Waals surface area contributed by atoms with E-state index in [2.05, 4.69) is 3.77 Å². The summed E-state index contributed by atoms with van der Waals surface area (Å²) in [4.78, 5) is 10.4. The molecule has 0 heterocycles. The van der Waals surface area contributed by atoms with E-state index >= 15 is 0 Å². The Kier molecular flexibility index (Phi) is 3.54. The van der Waals surface area contributed by atoms with E-state index in [9.17, 15) is 13.2 Å². The third-order valence-electron chi connectivity index (χ3n) is 1.50. The zero-order chi connectivity index (χ0) is 10.6. The van der Waals surface area contributed by atoms with Gasteiger partial charge in [-0.3, -0.25) is 4.79 Å². The molecular formula is C8H9NO3S2. The third kappa shape index (κ3) is 2.49. The normalized spacial score (nSPS) is 12.4. The van der Waals surface area contributed by atoms with Crippen LogP contribution in [0, 0.1) is 0 Å². The molecule has 0 aromatic heterocycles. The summed E-state index contributed by atoms with van der Waals surface area (Å²) < 4.78 is 26.2. The van der Waals surface area contributed by atoms with Gasteiger partial charge in [-0.2, -0.15) is 8.42 Å². The second kappa shape index (κ2) is 4.47. The SMILES string of the molecule is C[SH]=NS(=O)(=O)c1ccc(C=O)cc1. The largest absolute Gasteiger partial charge is 0.298 e. The average molecular weight is 231 g/mol. The average Bonchev–Trinajstić information content (AvgIpc) is 2.18. The Morgan fingerprint density at radius 1 is 1.29 bits per heavy atom. The molecule has 0 spiro atoms. The Labute approximate surface area is 86.1 Å². The number of rotatable bonds is 3. The van der Waals surface area contributed by atoms with Gasteiger partial charge in [-0.25, -0.2) is 0 Å². The van der Waals surface area contributed by atoms with Gasteiger partial charge in [-0.1, -0.05) is 23.7 Å². The first kappa shape index (κ1) is 11.1. The van der Waals surface area contributed by atoms with Crippen LogP contribution in [0.2, 0.25) is 0 Å². The number of thiol groups is 1. The highest BCUT2D eigenvalue weighted by atomic mass is 32.2. The number of carbonyl (C=O) groups is 1. The highest BCUT2D eigenvalue weighted by Gasteiger charge is 2.10. The van der Waals surface area contributed by atoms with E-state index in [0.717, 1.165) is 0 Å². The molecule has 0 atom stereocenters. The molecule has 0 aliphatic carbocycles. The summed E-state index contributed by atoms with van der Waals surface area (Å²) in [6.45, 7) is 0. The zero-order valence-corrected chi connectivity index (χ0v) is 9.13. The maximum atomic E-state index is 11.4. The molecule has 0 aliphatic rings. The topological polar surface area (TPSA) is 63.6 Å². The fourth-order valence-electron chi connectivity index (χ4n) is 0.873. The monoisotopic (exact) mass is 231 g/mol. The van der Waals surface area contributed by atoms with Crippen LogP contribution < -0.4 is 0 Å². The van der Waals surface area contributed by atoms with E-state index in [0.29, 0.717) is 23.4 Å². The van der Waals surface area contributed by atoms with Gasteiger partial charge in [0.1, 0.15) is 6.29 Å². The second-order valence-corrected chi connectivity index (χ2v) is 4.92. The van der Waals surface area contributed by atoms with Gasteiger partial charge in [0, 0.05) is 5.56 Å². The molecule has 0 fully saturated rings. The molecule has 1 rings (SSSR count). The number of aldehydes is 1. The quantitative estimate of drug-likeness (QED) is 0.618. The Morgan fingerprint density at radius 3 is 2.29 bits per heavy atom. The number of sulfonamides is 1. The maximum absolute atomic E-state index is 11.4.